The van der Waals surface area contributed by atoms with E-state index in [-0.39, 0.29) is 0 Å². The minimum absolute atomic E-state index is 0.621. The van der Waals surface area contributed by atoms with E-state index in [0.29, 0.717) is 17.1 Å². The van der Waals surface area contributed by atoms with Crippen LogP contribution in [0.5, 0.6) is 11.5 Å². The van der Waals surface area contributed by atoms with Gasteiger partial charge in [0.05, 0.1) is 31.8 Å². The molecule has 0 spiro atoms. The van der Waals surface area contributed by atoms with Gasteiger partial charge in [0.2, 0.25) is 0 Å². The molecule has 0 saturated heterocycles. The Kier molecular flexibility index (Phi) is 3.44. The second-order valence-electron chi connectivity index (χ2n) is 4.67. The van der Waals surface area contributed by atoms with Crippen LogP contribution in [0.2, 0.25) is 0 Å². The van der Waals surface area contributed by atoms with Crippen LogP contribution in [0.15, 0.2) is 18.2 Å². The van der Waals surface area contributed by atoms with Crippen molar-refractivity contribution >= 4 is 0 Å². The van der Waals surface area contributed by atoms with Crippen LogP contribution in [0.3, 0.4) is 0 Å². The summed E-state index contributed by atoms with van der Waals surface area (Å²) in [6.45, 7) is 0. The Morgan fingerprint density at radius 2 is 1.78 bits per heavy atom. The molecule has 1 fully saturated rings. The lowest BCUT2D eigenvalue weighted by molar-refractivity contribution is 0.00771. The monoisotopic (exact) mass is 247 g/mol. The van der Waals surface area contributed by atoms with Crippen LogP contribution in [0, 0.1) is 16.7 Å². The molecule has 1 N–H and O–H groups in total. The van der Waals surface area contributed by atoms with Gasteiger partial charge in [-0.3, -0.25) is 0 Å². The van der Waals surface area contributed by atoms with E-state index in [4.69, 9.17) is 9.47 Å². The fourth-order valence-electron chi connectivity index (χ4n) is 2.31. The van der Waals surface area contributed by atoms with Crippen molar-refractivity contribution in [3.8, 4) is 17.6 Å². The summed E-state index contributed by atoms with van der Waals surface area (Å²) in [4.78, 5) is 0. The summed E-state index contributed by atoms with van der Waals surface area (Å²) in [5, 5.41) is 19.6. The average molecular weight is 247 g/mol. The molecule has 4 heteroatoms. The topological polar surface area (TPSA) is 62.5 Å². The molecule has 1 unspecified atom stereocenters. The van der Waals surface area contributed by atoms with Gasteiger partial charge in [-0.1, -0.05) is 6.42 Å². The van der Waals surface area contributed by atoms with Crippen LogP contribution < -0.4 is 9.47 Å². The highest BCUT2D eigenvalue weighted by Crippen LogP contribution is 2.50. The van der Waals surface area contributed by atoms with Crippen LogP contribution in [0.1, 0.15) is 30.9 Å². The molecule has 0 heterocycles. The van der Waals surface area contributed by atoms with Gasteiger partial charge in [0.15, 0.2) is 0 Å². The summed E-state index contributed by atoms with van der Waals surface area (Å²) in [6.07, 6.45) is 1.68. The second kappa shape index (κ2) is 4.87. The Labute approximate surface area is 107 Å². The third kappa shape index (κ3) is 2.02. The summed E-state index contributed by atoms with van der Waals surface area (Å²) in [6, 6.07) is 7.51. The zero-order chi connectivity index (χ0) is 13.2. The number of hydrogen-bond acceptors (Lipinski definition) is 4. The number of nitrogens with zero attached hydrogens (tertiary/aromatic N) is 1. The lowest BCUT2D eigenvalue weighted by Crippen LogP contribution is -2.34. The molecule has 1 atom stereocenters. The van der Waals surface area contributed by atoms with Crippen LogP contribution >= 0.6 is 0 Å². The fraction of sp³-hybridized carbons (Fsp3) is 0.500. The van der Waals surface area contributed by atoms with Gasteiger partial charge in [-0.15, -0.1) is 0 Å². The molecule has 0 bridgehead atoms. The molecule has 1 aliphatic carbocycles. The van der Waals surface area contributed by atoms with Gasteiger partial charge in [0, 0.05) is 6.07 Å². The highest BCUT2D eigenvalue weighted by Gasteiger charge is 2.44. The van der Waals surface area contributed by atoms with Gasteiger partial charge in [-0.2, -0.15) is 5.26 Å². The third-order valence-electron chi connectivity index (χ3n) is 3.68. The van der Waals surface area contributed by atoms with E-state index in [9.17, 15) is 10.4 Å². The van der Waals surface area contributed by atoms with Crippen LogP contribution in [-0.2, 0) is 0 Å². The number of hydrogen-bond donors (Lipinski definition) is 1. The zero-order valence-corrected chi connectivity index (χ0v) is 10.6. The van der Waals surface area contributed by atoms with Crippen molar-refractivity contribution in [1.29, 1.82) is 5.26 Å². The van der Waals surface area contributed by atoms with Gasteiger partial charge >= 0.3 is 0 Å². The van der Waals surface area contributed by atoms with Gasteiger partial charge in [0.1, 0.15) is 11.5 Å². The second-order valence-corrected chi connectivity index (χ2v) is 4.67. The fourth-order valence-corrected chi connectivity index (χ4v) is 2.31. The molecule has 2 rings (SSSR count). The van der Waals surface area contributed by atoms with Crippen molar-refractivity contribution in [3.63, 3.8) is 0 Å². The summed E-state index contributed by atoms with van der Waals surface area (Å²) in [5.41, 5.74) is 0.0321. The molecule has 1 aromatic rings. The molecular formula is C14H17NO3. The van der Waals surface area contributed by atoms with Crippen molar-refractivity contribution < 1.29 is 14.6 Å². The maximum atomic E-state index is 10.4. The summed E-state index contributed by atoms with van der Waals surface area (Å²) < 4.78 is 10.3. The summed E-state index contributed by atoms with van der Waals surface area (Å²) in [7, 11) is 3.13. The maximum Gasteiger partial charge on any atom is 0.122 e. The first kappa shape index (κ1) is 12.7. The lowest BCUT2D eigenvalue weighted by Gasteiger charge is -2.39. The number of methoxy groups -OCH3 is 2. The number of benzene rings is 1. The molecule has 96 valence electrons. The predicted octanol–water partition coefficient (Wildman–Crippen LogP) is 2.43. The molecular weight excluding hydrogens is 230 g/mol. The normalized spacial score (nSPS) is 18.3. The van der Waals surface area contributed by atoms with E-state index in [1.807, 2.05) is 0 Å². The molecule has 0 aromatic heterocycles. The quantitative estimate of drug-likeness (QED) is 0.887. The Morgan fingerprint density at radius 1 is 1.22 bits per heavy atom. The third-order valence-corrected chi connectivity index (χ3v) is 3.68. The number of nitriles is 1. The Hall–Kier alpha value is -1.73. The number of ether oxygens (including phenoxy) is 2. The Morgan fingerprint density at radius 3 is 2.11 bits per heavy atom. The van der Waals surface area contributed by atoms with Crippen molar-refractivity contribution in [3.05, 3.63) is 23.8 Å². The van der Waals surface area contributed by atoms with E-state index >= 15 is 0 Å². The first-order chi connectivity index (χ1) is 8.65. The highest BCUT2D eigenvalue weighted by atomic mass is 16.5. The zero-order valence-electron chi connectivity index (χ0n) is 10.6. The first-order valence-corrected chi connectivity index (χ1v) is 5.97. The maximum absolute atomic E-state index is 10.4. The van der Waals surface area contributed by atoms with E-state index < -0.39 is 11.5 Å². The number of aliphatic hydroxyl groups excluding tert-OH is 1. The summed E-state index contributed by atoms with van der Waals surface area (Å²) >= 11 is 0. The molecule has 1 saturated carbocycles. The van der Waals surface area contributed by atoms with Gasteiger partial charge in [-0.05, 0) is 30.5 Å². The molecule has 0 aliphatic heterocycles. The number of rotatable bonds is 4. The van der Waals surface area contributed by atoms with E-state index in [2.05, 4.69) is 6.07 Å². The highest BCUT2D eigenvalue weighted by molar-refractivity contribution is 5.40. The van der Waals surface area contributed by atoms with Gasteiger partial charge in [-0.25, -0.2) is 0 Å². The minimum atomic E-state index is -0.791. The van der Waals surface area contributed by atoms with E-state index in [1.165, 1.54) is 0 Å². The van der Waals surface area contributed by atoms with Crippen LogP contribution in [0.25, 0.3) is 0 Å². The predicted molar refractivity (Wildman–Crippen MR) is 66.4 cm³/mol. The summed E-state index contributed by atoms with van der Waals surface area (Å²) in [5.74, 6) is 1.24. The standard InChI is InChI=1S/C14H17NO3/c1-17-11-6-10(7-12(8-11)18-2)13(16)14(9-15)4-3-5-14/h6-8,13,16H,3-5H2,1-2H3. The molecule has 0 amide bonds. The Balaban J connectivity index is 2.35. The van der Waals surface area contributed by atoms with Crippen molar-refractivity contribution in [1.82, 2.24) is 0 Å². The van der Waals surface area contributed by atoms with Crippen LogP contribution in [-0.4, -0.2) is 19.3 Å². The molecule has 18 heavy (non-hydrogen) atoms. The van der Waals surface area contributed by atoms with Crippen LogP contribution in [0.4, 0.5) is 0 Å². The molecule has 4 nitrogen and oxygen atoms in total. The first-order valence-electron chi connectivity index (χ1n) is 5.97. The largest absolute Gasteiger partial charge is 0.497 e. The SMILES string of the molecule is COc1cc(OC)cc(C(O)C2(C#N)CCC2)c1. The minimum Gasteiger partial charge on any atom is -0.497 e. The van der Waals surface area contributed by atoms with E-state index in [1.54, 1.807) is 32.4 Å². The lowest BCUT2D eigenvalue weighted by atomic mass is 9.64. The number of aliphatic hydroxyl groups is 1. The molecule has 1 aliphatic rings. The Bertz CT molecular complexity index is 452. The van der Waals surface area contributed by atoms with Gasteiger partial charge in [0.25, 0.3) is 0 Å². The van der Waals surface area contributed by atoms with Crippen molar-refractivity contribution in [2.24, 2.45) is 5.41 Å². The van der Waals surface area contributed by atoms with Crippen molar-refractivity contribution in [2.45, 2.75) is 25.4 Å². The van der Waals surface area contributed by atoms with E-state index in [0.717, 1.165) is 19.3 Å². The molecule has 0 radical (unpaired) electrons. The van der Waals surface area contributed by atoms with Crippen molar-refractivity contribution in [2.75, 3.05) is 14.2 Å². The average Bonchev–Trinajstić information content (AvgIpc) is 2.37. The molecule has 1 aromatic carbocycles. The van der Waals surface area contributed by atoms with Gasteiger partial charge < -0.3 is 14.6 Å². The smallest absolute Gasteiger partial charge is 0.122 e.